The molecule has 6 heteroatoms. The van der Waals surface area contributed by atoms with Crippen molar-refractivity contribution in [3.8, 4) is 0 Å². The van der Waals surface area contributed by atoms with Crippen molar-refractivity contribution >= 4 is 23.1 Å². The van der Waals surface area contributed by atoms with E-state index in [2.05, 4.69) is 15.3 Å². The van der Waals surface area contributed by atoms with Gasteiger partial charge in [-0.3, -0.25) is 0 Å². The molecule has 0 fully saturated rings. The fourth-order valence-electron chi connectivity index (χ4n) is 1.34. The number of hydrogen-bond donors (Lipinski definition) is 2. The second-order valence-corrected chi connectivity index (χ2v) is 3.61. The summed E-state index contributed by atoms with van der Waals surface area (Å²) in [5, 5.41) is 11.8. The Labute approximate surface area is 102 Å². The summed E-state index contributed by atoms with van der Waals surface area (Å²) in [7, 11) is 0. The first-order chi connectivity index (χ1) is 8.20. The molecule has 0 radical (unpaired) electrons. The molecule has 0 aliphatic rings. The zero-order valence-corrected chi connectivity index (χ0v) is 9.45. The Bertz CT molecular complexity index is 536. The van der Waals surface area contributed by atoms with Gasteiger partial charge in [-0.2, -0.15) is 4.98 Å². The maximum absolute atomic E-state index is 13.4. The van der Waals surface area contributed by atoms with E-state index in [9.17, 15) is 4.39 Å². The van der Waals surface area contributed by atoms with Gasteiger partial charge in [-0.25, -0.2) is 9.37 Å². The number of rotatable bonds is 3. The maximum atomic E-state index is 13.4. The number of nitrogens with zero attached hydrogens (tertiary/aromatic N) is 2. The molecular weight excluding hydrogens is 245 g/mol. The lowest BCUT2D eigenvalue weighted by atomic mass is 10.2. The summed E-state index contributed by atoms with van der Waals surface area (Å²) < 4.78 is 13.4. The number of hydrogen-bond acceptors (Lipinski definition) is 4. The minimum Gasteiger partial charge on any atom is -0.392 e. The molecule has 1 aromatic heterocycles. The van der Waals surface area contributed by atoms with E-state index in [0.717, 1.165) is 6.20 Å². The van der Waals surface area contributed by atoms with Gasteiger partial charge in [0.05, 0.1) is 12.8 Å². The standard InChI is InChI=1S/C11H9ClFN3O/c12-11-14-5-8(13)10(16-11)15-9-4-2-1-3-7(9)6-17/h1-5,17H,6H2,(H,14,15,16). The molecule has 4 nitrogen and oxygen atoms in total. The number of para-hydroxylation sites is 1. The average Bonchev–Trinajstić information content (AvgIpc) is 2.34. The first-order valence-electron chi connectivity index (χ1n) is 4.84. The van der Waals surface area contributed by atoms with Gasteiger partial charge in [-0.1, -0.05) is 18.2 Å². The Morgan fingerprint density at radius 1 is 1.35 bits per heavy atom. The summed E-state index contributed by atoms with van der Waals surface area (Å²) in [5.41, 5.74) is 1.21. The van der Waals surface area contributed by atoms with E-state index in [-0.39, 0.29) is 17.7 Å². The lowest BCUT2D eigenvalue weighted by Crippen LogP contribution is -2.01. The van der Waals surface area contributed by atoms with Crippen LogP contribution >= 0.6 is 11.6 Å². The van der Waals surface area contributed by atoms with Crippen LogP contribution < -0.4 is 5.32 Å². The second-order valence-electron chi connectivity index (χ2n) is 3.28. The van der Waals surface area contributed by atoms with Crippen molar-refractivity contribution in [2.75, 3.05) is 5.32 Å². The Morgan fingerprint density at radius 2 is 2.12 bits per heavy atom. The Balaban J connectivity index is 2.34. The number of benzene rings is 1. The van der Waals surface area contributed by atoms with E-state index in [4.69, 9.17) is 16.7 Å². The third kappa shape index (κ3) is 2.69. The van der Waals surface area contributed by atoms with Gasteiger partial charge < -0.3 is 10.4 Å². The molecule has 0 bridgehead atoms. The molecule has 0 aliphatic heterocycles. The van der Waals surface area contributed by atoms with E-state index in [0.29, 0.717) is 11.3 Å². The number of nitrogens with one attached hydrogen (secondary N) is 1. The SMILES string of the molecule is OCc1ccccc1Nc1nc(Cl)ncc1F. The van der Waals surface area contributed by atoms with E-state index in [1.165, 1.54) is 0 Å². The summed E-state index contributed by atoms with van der Waals surface area (Å²) >= 11 is 5.58. The van der Waals surface area contributed by atoms with Crippen LogP contribution in [0.1, 0.15) is 5.56 Å². The fraction of sp³-hybridized carbons (Fsp3) is 0.0909. The number of aliphatic hydroxyl groups is 1. The van der Waals surface area contributed by atoms with Crippen LogP contribution in [0.3, 0.4) is 0 Å². The van der Waals surface area contributed by atoms with Crippen LogP contribution in [0.25, 0.3) is 0 Å². The molecule has 2 N–H and O–H groups in total. The van der Waals surface area contributed by atoms with Gasteiger partial charge >= 0.3 is 0 Å². The molecule has 17 heavy (non-hydrogen) atoms. The molecule has 0 atom stereocenters. The van der Waals surface area contributed by atoms with Gasteiger partial charge in [0, 0.05) is 11.3 Å². The van der Waals surface area contributed by atoms with Crippen molar-refractivity contribution in [1.82, 2.24) is 9.97 Å². The highest BCUT2D eigenvalue weighted by atomic mass is 35.5. The van der Waals surface area contributed by atoms with Crippen LogP contribution in [0.5, 0.6) is 0 Å². The lowest BCUT2D eigenvalue weighted by molar-refractivity contribution is 0.282. The van der Waals surface area contributed by atoms with Crippen LogP contribution in [0.15, 0.2) is 30.5 Å². The summed E-state index contributed by atoms with van der Waals surface area (Å²) in [4.78, 5) is 7.24. The first kappa shape index (κ1) is 11.8. The van der Waals surface area contributed by atoms with E-state index in [1.54, 1.807) is 24.3 Å². The quantitative estimate of drug-likeness (QED) is 0.826. The summed E-state index contributed by atoms with van der Waals surface area (Å²) in [5.74, 6) is -0.631. The second kappa shape index (κ2) is 5.07. The van der Waals surface area contributed by atoms with Crippen molar-refractivity contribution < 1.29 is 9.50 Å². The molecule has 0 saturated carbocycles. The topological polar surface area (TPSA) is 58.0 Å². The normalized spacial score (nSPS) is 10.3. The third-order valence-electron chi connectivity index (χ3n) is 2.16. The zero-order chi connectivity index (χ0) is 12.3. The minimum absolute atomic E-state index is 0.0223. The first-order valence-corrected chi connectivity index (χ1v) is 5.22. The van der Waals surface area contributed by atoms with Gasteiger partial charge in [0.15, 0.2) is 11.6 Å². The number of aliphatic hydroxyl groups excluding tert-OH is 1. The molecule has 88 valence electrons. The van der Waals surface area contributed by atoms with Crippen molar-refractivity contribution in [1.29, 1.82) is 0 Å². The molecule has 1 aromatic carbocycles. The Kier molecular flexibility index (Phi) is 3.51. The molecule has 2 rings (SSSR count). The van der Waals surface area contributed by atoms with Gasteiger partial charge in [-0.15, -0.1) is 0 Å². The monoisotopic (exact) mass is 253 g/mol. The van der Waals surface area contributed by atoms with Crippen LogP contribution in [-0.2, 0) is 6.61 Å². The molecule has 0 spiro atoms. The van der Waals surface area contributed by atoms with Crippen molar-refractivity contribution in [2.24, 2.45) is 0 Å². The lowest BCUT2D eigenvalue weighted by Gasteiger charge is -2.10. The smallest absolute Gasteiger partial charge is 0.224 e. The van der Waals surface area contributed by atoms with E-state index < -0.39 is 5.82 Å². The number of anilines is 2. The maximum Gasteiger partial charge on any atom is 0.224 e. The summed E-state index contributed by atoms with van der Waals surface area (Å²) in [6.45, 7) is -0.149. The highest BCUT2D eigenvalue weighted by Gasteiger charge is 2.08. The predicted molar refractivity (Wildman–Crippen MR) is 62.6 cm³/mol. The number of halogens is 2. The molecule has 0 aliphatic carbocycles. The Hall–Kier alpha value is -1.72. The van der Waals surface area contributed by atoms with Crippen LogP contribution in [0.2, 0.25) is 5.28 Å². The van der Waals surface area contributed by atoms with Crippen LogP contribution in [0, 0.1) is 5.82 Å². The number of aromatic nitrogens is 2. The van der Waals surface area contributed by atoms with Crippen molar-refractivity contribution in [3.05, 3.63) is 47.1 Å². The average molecular weight is 254 g/mol. The highest BCUT2D eigenvalue weighted by molar-refractivity contribution is 6.28. The molecule has 1 heterocycles. The third-order valence-corrected chi connectivity index (χ3v) is 2.34. The van der Waals surface area contributed by atoms with E-state index in [1.807, 2.05) is 0 Å². The molecule has 0 saturated heterocycles. The fourth-order valence-corrected chi connectivity index (χ4v) is 1.47. The Morgan fingerprint density at radius 3 is 2.88 bits per heavy atom. The van der Waals surface area contributed by atoms with Gasteiger partial charge in [-0.05, 0) is 17.7 Å². The zero-order valence-electron chi connectivity index (χ0n) is 8.69. The van der Waals surface area contributed by atoms with Crippen molar-refractivity contribution in [3.63, 3.8) is 0 Å². The predicted octanol–water partition coefficient (Wildman–Crippen LogP) is 2.50. The van der Waals surface area contributed by atoms with Crippen LogP contribution in [0.4, 0.5) is 15.9 Å². The molecule has 0 amide bonds. The molecular formula is C11H9ClFN3O. The van der Waals surface area contributed by atoms with E-state index >= 15 is 0 Å². The van der Waals surface area contributed by atoms with Gasteiger partial charge in [0.1, 0.15) is 0 Å². The van der Waals surface area contributed by atoms with Gasteiger partial charge in [0.25, 0.3) is 0 Å². The summed E-state index contributed by atoms with van der Waals surface area (Å²) in [6, 6.07) is 6.98. The van der Waals surface area contributed by atoms with Crippen LogP contribution in [-0.4, -0.2) is 15.1 Å². The van der Waals surface area contributed by atoms with Gasteiger partial charge in [0.2, 0.25) is 5.28 Å². The van der Waals surface area contributed by atoms with Crippen molar-refractivity contribution in [2.45, 2.75) is 6.61 Å². The highest BCUT2D eigenvalue weighted by Crippen LogP contribution is 2.21. The molecule has 2 aromatic rings. The minimum atomic E-state index is -0.609. The summed E-state index contributed by atoms with van der Waals surface area (Å²) in [6.07, 6.45) is 0.985. The largest absolute Gasteiger partial charge is 0.392 e. The molecule has 0 unspecified atom stereocenters.